The van der Waals surface area contributed by atoms with Crippen molar-refractivity contribution in [2.24, 2.45) is 5.14 Å². The summed E-state index contributed by atoms with van der Waals surface area (Å²) < 4.78 is 57.2. The van der Waals surface area contributed by atoms with E-state index in [4.69, 9.17) is 15.6 Å². The first-order valence-corrected chi connectivity index (χ1v) is 11.8. The number of methoxy groups -OCH3 is 1. The number of anilines is 2. The fourth-order valence-corrected chi connectivity index (χ4v) is 4.68. The molecule has 0 fully saturated rings. The van der Waals surface area contributed by atoms with Gasteiger partial charge in [0.1, 0.15) is 11.0 Å². The van der Waals surface area contributed by atoms with Gasteiger partial charge in [0.15, 0.2) is 5.69 Å². The van der Waals surface area contributed by atoms with Crippen LogP contribution in [0.3, 0.4) is 0 Å². The van der Waals surface area contributed by atoms with Crippen LogP contribution in [-0.4, -0.2) is 34.5 Å². The number of nitrogens with zero attached hydrogens (tertiary/aromatic N) is 2. The van der Waals surface area contributed by atoms with Gasteiger partial charge in [-0.05, 0) is 36.4 Å². The monoisotopic (exact) mass is 475 g/mol. The Morgan fingerprint density at radius 2 is 1.72 bits per heavy atom. The number of para-hydroxylation sites is 1. The molecule has 3 aromatic rings. The highest BCUT2D eigenvalue weighted by Crippen LogP contribution is 2.29. The Morgan fingerprint density at radius 1 is 1.09 bits per heavy atom. The molecule has 1 heterocycles. The van der Waals surface area contributed by atoms with Crippen molar-refractivity contribution in [2.45, 2.75) is 9.79 Å². The Balaban J connectivity index is 2.11. The summed E-state index contributed by atoms with van der Waals surface area (Å²) in [5.74, 6) is -0.859. The maximum atomic E-state index is 13.1. The zero-order valence-corrected chi connectivity index (χ0v) is 18.1. The quantitative estimate of drug-likeness (QED) is 0.443. The summed E-state index contributed by atoms with van der Waals surface area (Å²) in [7, 11) is -7.04. The number of carbonyl (C=O) groups is 1. The molecular formula is C19H17N5O6S2. The smallest absolute Gasteiger partial charge is 0.357 e. The first-order chi connectivity index (χ1) is 15.0. The fourth-order valence-electron chi connectivity index (χ4n) is 2.91. The Morgan fingerprint density at radius 3 is 2.28 bits per heavy atom. The van der Waals surface area contributed by atoms with E-state index in [2.05, 4.69) is 4.72 Å². The number of esters is 1. The van der Waals surface area contributed by atoms with Crippen LogP contribution in [0, 0.1) is 11.3 Å². The largest absolute Gasteiger partial charge is 0.464 e. The van der Waals surface area contributed by atoms with Crippen molar-refractivity contribution in [1.82, 2.24) is 4.57 Å². The minimum absolute atomic E-state index is 0.0368. The highest BCUT2D eigenvalue weighted by atomic mass is 32.2. The highest BCUT2D eigenvalue weighted by Gasteiger charge is 2.26. The minimum Gasteiger partial charge on any atom is -0.464 e. The van der Waals surface area contributed by atoms with E-state index in [9.17, 15) is 26.9 Å². The first kappa shape index (κ1) is 22.8. The number of sulfonamides is 2. The molecule has 0 unspecified atom stereocenters. The van der Waals surface area contributed by atoms with E-state index in [0.717, 1.165) is 19.2 Å². The van der Waals surface area contributed by atoms with Crippen molar-refractivity contribution in [1.29, 1.82) is 5.26 Å². The third kappa shape index (κ3) is 4.28. The number of nitrogen functional groups attached to an aromatic ring is 1. The number of benzene rings is 2. The molecule has 2 aromatic carbocycles. The van der Waals surface area contributed by atoms with E-state index >= 15 is 0 Å². The van der Waals surface area contributed by atoms with Gasteiger partial charge in [-0.15, -0.1) is 0 Å². The van der Waals surface area contributed by atoms with Crippen LogP contribution in [0.2, 0.25) is 0 Å². The highest BCUT2D eigenvalue weighted by molar-refractivity contribution is 7.92. The van der Waals surface area contributed by atoms with Gasteiger partial charge in [-0.3, -0.25) is 4.72 Å². The van der Waals surface area contributed by atoms with E-state index in [1.807, 2.05) is 6.07 Å². The average Bonchev–Trinajstić information content (AvgIpc) is 3.09. The van der Waals surface area contributed by atoms with Crippen molar-refractivity contribution >= 4 is 37.4 Å². The molecule has 0 bridgehead atoms. The summed E-state index contributed by atoms with van der Waals surface area (Å²) in [4.78, 5) is 11.8. The lowest BCUT2D eigenvalue weighted by atomic mass is 10.2. The zero-order valence-electron chi connectivity index (χ0n) is 16.5. The Hall–Kier alpha value is -3.86. The van der Waals surface area contributed by atoms with Crippen LogP contribution in [0.5, 0.6) is 0 Å². The number of aromatic nitrogens is 1. The lowest BCUT2D eigenvalue weighted by Crippen LogP contribution is -2.18. The van der Waals surface area contributed by atoms with Crippen LogP contribution in [0.1, 0.15) is 16.1 Å². The molecule has 0 spiro atoms. The van der Waals surface area contributed by atoms with E-state index in [-0.39, 0.29) is 38.1 Å². The van der Waals surface area contributed by atoms with Gasteiger partial charge in [0.2, 0.25) is 10.0 Å². The summed E-state index contributed by atoms with van der Waals surface area (Å²) in [6.07, 6.45) is 1.23. The SMILES string of the molecule is COC(=O)c1c(N)c(C#N)cn1-c1ccccc1S(=O)(=O)Nc1ccc(S(N)(=O)=O)cc1. The van der Waals surface area contributed by atoms with Crippen molar-refractivity contribution in [3.05, 3.63) is 66.0 Å². The summed E-state index contributed by atoms with van der Waals surface area (Å²) in [6.45, 7) is 0. The second-order valence-electron chi connectivity index (χ2n) is 6.42. The van der Waals surface area contributed by atoms with Gasteiger partial charge in [0.25, 0.3) is 10.0 Å². The van der Waals surface area contributed by atoms with Gasteiger partial charge in [-0.1, -0.05) is 12.1 Å². The minimum atomic E-state index is -4.23. The van der Waals surface area contributed by atoms with E-state index < -0.39 is 26.0 Å². The number of carbonyl (C=O) groups excluding carboxylic acids is 1. The van der Waals surface area contributed by atoms with Crippen molar-refractivity contribution < 1.29 is 26.4 Å². The Kier molecular flexibility index (Phi) is 5.95. The molecule has 5 N–H and O–H groups in total. The third-order valence-corrected chi connectivity index (χ3v) is 6.75. The molecule has 0 aliphatic carbocycles. The maximum Gasteiger partial charge on any atom is 0.357 e. The van der Waals surface area contributed by atoms with Crippen LogP contribution in [-0.2, 0) is 24.8 Å². The number of ether oxygens (including phenoxy) is 1. The second-order valence-corrected chi connectivity index (χ2v) is 9.63. The number of rotatable bonds is 6. The van der Waals surface area contributed by atoms with Gasteiger partial charge in [-0.25, -0.2) is 26.8 Å². The predicted molar refractivity (Wildman–Crippen MR) is 115 cm³/mol. The maximum absolute atomic E-state index is 13.1. The van der Waals surface area contributed by atoms with Crippen LogP contribution >= 0.6 is 0 Å². The molecular weight excluding hydrogens is 458 g/mol. The van der Waals surface area contributed by atoms with Gasteiger partial charge >= 0.3 is 5.97 Å². The Labute approximate surface area is 183 Å². The van der Waals surface area contributed by atoms with E-state index in [1.54, 1.807) is 6.07 Å². The summed E-state index contributed by atoms with van der Waals surface area (Å²) in [5, 5.41) is 14.3. The van der Waals surface area contributed by atoms with Crippen molar-refractivity contribution in [3.63, 3.8) is 0 Å². The number of primary sulfonamides is 1. The zero-order chi connectivity index (χ0) is 23.7. The van der Waals surface area contributed by atoms with Crippen LogP contribution in [0.4, 0.5) is 11.4 Å². The molecule has 0 amide bonds. The normalized spacial score (nSPS) is 11.5. The number of hydrogen-bond acceptors (Lipinski definition) is 8. The predicted octanol–water partition coefficient (Wildman–Crippen LogP) is 1.17. The first-order valence-electron chi connectivity index (χ1n) is 8.74. The fraction of sp³-hybridized carbons (Fsp3) is 0.0526. The number of nitriles is 1. The lowest BCUT2D eigenvalue weighted by Gasteiger charge is -2.15. The van der Waals surface area contributed by atoms with Crippen LogP contribution in [0.15, 0.2) is 64.5 Å². The molecule has 166 valence electrons. The molecule has 13 heteroatoms. The molecule has 0 aliphatic heterocycles. The van der Waals surface area contributed by atoms with Gasteiger partial charge in [-0.2, -0.15) is 5.26 Å². The lowest BCUT2D eigenvalue weighted by molar-refractivity contribution is 0.0593. The number of hydrogen-bond donors (Lipinski definition) is 3. The molecule has 0 aliphatic rings. The number of nitrogens with two attached hydrogens (primary N) is 2. The molecule has 1 aromatic heterocycles. The van der Waals surface area contributed by atoms with Crippen molar-refractivity contribution in [2.75, 3.05) is 17.6 Å². The molecule has 0 saturated heterocycles. The summed E-state index contributed by atoms with van der Waals surface area (Å²) >= 11 is 0. The van der Waals surface area contributed by atoms with Gasteiger partial charge < -0.3 is 15.0 Å². The summed E-state index contributed by atoms with van der Waals surface area (Å²) in [5.41, 5.74) is 5.61. The Bertz CT molecular complexity index is 1450. The third-order valence-electron chi connectivity index (χ3n) is 4.39. The topological polar surface area (TPSA) is 187 Å². The number of nitrogens with one attached hydrogen (secondary N) is 1. The van der Waals surface area contributed by atoms with Crippen LogP contribution in [0.25, 0.3) is 5.69 Å². The molecule has 0 atom stereocenters. The molecule has 32 heavy (non-hydrogen) atoms. The molecule has 0 radical (unpaired) electrons. The standard InChI is InChI=1S/C19H17N5O6S2/c1-30-19(25)18-17(21)12(10-20)11-24(18)15-4-2-3-5-16(15)32(28,29)23-13-6-8-14(9-7-13)31(22,26)27/h2-9,11,23H,21H2,1H3,(H2,22,26,27). The molecule has 11 nitrogen and oxygen atoms in total. The molecule has 3 rings (SSSR count). The van der Waals surface area contributed by atoms with Gasteiger partial charge in [0, 0.05) is 11.9 Å². The molecule has 0 saturated carbocycles. The second kappa shape index (κ2) is 8.35. The summed E-state index contributed by atoms with van der Waals surface area (Å²) in [6, 6.07) is 12.3. The van der Waals surface area contributed by atoms with Gasteiger partial charge in [0.05, 0.1) is 28.9 Å². The van der Waals surface area contributed by atoms with Crippen molar-refractivity contribution in [3.8, 4) is 11.8 Å². The van der Waals surface area contributed by atoms with Crippen LogP contribution < -0.4 is 15.6 Å². The van der Waals surface area contributed by atoms with E-state index in [0.29, 0.717) is 0 Å². The van der Waals surface area contributed by atoms with E-state index in [1.165, 1.54) is 41.1 Å². The average molecular weight is 476 g/mol.